The number of nitrogens with one attached hydrogen (secondary N) is 1. The number of benzene rings is 1. The van der Waals surface area contributed by atoms with Gasteiger partial charge < -0.3 is 15.8 Å². The second kappa shape index (κ2) is 6.13. The van der Waals surface area contributed by atoms with Gasteiger partial charge in [0, 0.05) is 11.1 Å². The van der Waals surface area contributed by atoms with Crippen molar-refractivity contribution in [3.63, 3.8) is 0 Å². The summed E-state index contributed by atoms with van der Waals surface area (Å²) in [5, 5.41) is 4.45. The molecule has 1 aromatic heterocycles. The van der Waals surface area contributed by atoms with E-state index in [4.69, 9.17) is 10.5 Å². The van der Waals surface area contributed by atoms with Crippen LogP contribution in [0.15, 0.2) is 24.4 Å². The van der Waals surface area contributed by atoms with Gasteiger partial charge in [0.15, 0.2) is 0 Å². The average molecular weight is 291 g/mol. The molecule has 0 saturated heterocycles. The summed E-state index contributed by atoms with van der Waals surface area (Å²) >= 11 is 1.69. The molecule has 0 fully saturated rings. The number of hydrogen-bond acceptors (Lipinski definition) is 5. The molecule has 4 nitrogen and oxygen atoms in total. The molecule has 3 N–H and O–H groups in total. The summed E-state index contributed by atoms with van der Waals surface area (Å²) < 4.78 is 5.70. The van der Waals surface area contributed by atoms with Gasteiger partial charge in [-0.05, 0) is 39.8 Å². The Morgan fingerprint density at radius 3 is 2.65 bits per heavy atom. The van der Waals surface area contributed by atoms with Crippen molar-refractivity contribution in [1.82, 2.24) is 4.98 Å². The van der Waals surface area contributed by atoms with Crippen molar-refractivity contribution in [2.45, 2.75) is 39.8 Å². The lowest BCUT2D eigenvalue weighted by Gasteiger charge is -2.18. The first kappa shape index (κ1) is 14.7. The summed E-state index contributed by atoms with van der Waals surface area (Å²) in [7, 11) is 0. The fraction of sp³-hybridized carbons (Fsp3) is 0.400. The summed E-state index contributed by atoms with van der Waals surface area (Å²) in [6.45, 7) is 8.11. The van der Waals surface area contributed by atoms with Crippen LogP contribution >= 0.6 is 11.3 Å². The number of aryl methyl sites for hydroxylation is 1. The number of thiazole rings is 1. The predicted molar refractivity (Wildman–Crippen MR) is 85.5 cm³/mol. The molecule has 0 spiro atoms. The van der Waals surface area contributed by atoms with Crippen LogP contribution in [-0.2, 0) is 0 Å². The fourth-order valence-corrected chi connectivity index (χ4v) is 2.67. The molecule has 20 heavy (non-hydrogen) atoms. The Morgan fingerprint density at radius 2 is 2.05 bits per heavy atom. The number of para-hydroxylation sites is 1. The van der Waals surface area contributed by atoms with E-state index in [1.807, 2.05) is 38.2 Å². The topological polar surface area (TPSA) is 60.2 Å². The zero-order valence-corrected chi connectivity index (χ0v) is 13.1. The summed E-state index contributed by atoms with van der Waals surface area (Å²) in [4.78, 5) is 5.60. The van der Waals surface area contributed by atoms with Gasteiger partial charge in [0.2, 0.25) is 0 Å². The maximum atomic E-state index is 6.16. The van der Waals surface area contributed by atoms with Crippen molar-refractivity contribution >= 4 is 22.7 Å². The van der Waals surface area contributed by atoms with Crippen molar-refractivity contribution in [3.8, 4) is 5.75 Å². The second-order valence-electron chi connectivity index (χ2n) is 5.06. The summed E-state index contributed by atoms with van der Waals surface area (Å²) in [5.41, 5.74) is 7.68. The summed E-state index contributed by atoms with van der Waals surface area (Å²) in [6, 6.07) is 5.90. The number of nitrogen functional groups attached to an aromatic ring is 1. The van der Waals surface area contributed by atoms with Crippen LogP contribution in [0, 0.1) is 6.92 Å². The average Bonchev–Trinajstić information content (AvgIpc) is 2.80. The van der Waals surface area contributed by atoms with E-state index in [1.165, 1.54) is 4.88 Å². The van der Waals surface area contributed by atoms with Gasteiger partial charge in [-0.3, -0.25) is 0 Å². The van der Waals surface area contributed by atoms with Gasteiger partial charge in [0.25, 0.3) is 0 Å². The summed E-state index contributed by atoms with van der Waals surface area (Å²) in [5.74, 6) is 0.715. The molecule has 1 aromatic carbocycles. The van der Waals surface area contributed by atoms with Gasteiger partial charge in [0.05, 0.1) is 23.5 Å². The van der Waals surface area contributed by atoms with Gasteiger partial charge in [0.1, 0.15) is 10.8 Å². The highest BCUT2D eigenvalue weighted by atomic mass is 32.1. The van der Waals surface area contributed by atoms with Gasteiger partial charge in [-0.25, -0.2) is 4.98 Å². The Labute approximate surface area is 124 Å². The van der Waals surface area contributed by atoms with Crippen molar-refractivity contribution in [3.05, 3.63) is 34.3 Å². The lowest BCUT2D eigenvalue weighted by Crippen LogP contribution is -2.11. The van der Waals surface area contributed by atoms with Crippen LogP contribution in [0.3, 0.4) is 0 Å². The fourth-order valence-electron chi connectivity index (χ4n) is 1.89. The van der Waals surface area contributed by atoms with Gasteiger partial charge >= 0.3 is 0 Å². The molecule has 0 bridgehead atoms. The van der Waals surface area contributed by atoms with Crippen molar-refractivity contribution in [1.29, 1.82) is 0 Å². The molecule has 108 valence electrons. The zero-order valence-electron chi connectivity index (χ0n) is 12.3. The normalized spacial score (nSPS) is 12.4. The largest absolute Gasteiger partial charge is 0.489 e. The molecule has 1 atom stereocenters. The van der Waals surface area contributed by atoms with E-state index in [0.29, 0.717) is 11.4 Å². The van der Waals surface area contributed by atoms with E-state index in [9.17, 15) is 0 Å². The van der Waals surface area contributed by atoms with Crippen molar-refractivity contribution in [2.75, 3.05) is 11.1 Å². The molecular formula is C15H21N3OS. The molecule has 0 aliphatic rings. The first-order valence-corrected chi connectivity index (χ1v) is 7.53. The highest BCUT2D eigenvalue weighted by Gasteiger charge is 2.13. The number of nitrogens with two attached hydrogens (primary N) is 1. The third-order valence-corrected chi connectivity index (χ3v) is 3.91. The van der Waals surface area contributed by atoms with E-state index in [0.717, 1.165) is 10.7 Å². The Hall–Kier alpha value is -1.75. The number of hydrogen-bond donors (Lipinski definition) is 2. The van der Waals surface area contributed by atoms with E-state index in [-0.39, 0.29) is 12.1 Å². The molecule has 0 radical (unpaired) electrons. The second-order valence-corrected chi connectivity index (χ2v) is 6.33. The lowest BCUT2D eigenvalue weighted by atomic mass is 10.2. The third-order valence-electron chi connectivity index (χ3n) is 2.81. The van der Waals surface area contributed by atoms with Gasteiger partial charge in [-0.2, -0.15) is 0 Å². The molecule has 2 rings (SSSR count). The van der Waals surface area contributed by atoms with E-state index >= 15 is 0 Å². The smallest absolute Gasteiger partial charge is 0.144 e. The molecule has 1 heterocycles. The quantitative estimate of drug-likeness (QED) is 0.818. The van der Waals surface area contributed by atoms with E-state index in [1.54, 1.807) is 11.3 Å². The number of rotatable bonds is 5. The van der Waals surface area contributed by atoms with E-state index < -0.39 is 0 Å². The number of ether oxygens (including phenoxy) is 1. The summed E-state index contributed by atoms with van der Waals surface area (Å²) in [6.07, 6.45) is 1.99. The SMILES string of the molecule is Cc1cnc(C(C)Nc2cccc(OC(C)C)c2N)s1. The molecule has 0 aliphatic heterocycles. The first-order chi connectivity index (χ1) is 9.47. The maximum Gasteiger partial charge on any atom is 0.144 e. The molecular weight excluding hydrogens is 270 g/mol. The minimum absolute atomic E-state index is 0.103. The van der Waals surface area contributed by atoms with Gasteiger partial charge in [-0.1, -0.05) is 6.07 Å². The van der Waals surface area contributed by atoms with Crippen LogP contribution in [0.5, 0.6) is 5.75 Å². The van der Waals surface area contributed by atoms with Crippen LogP contribution in [0.4, 0.5) is 11.4 Å². The zero-order chi connectivity index (χ0) is 14.7. The molecule has 2 aromatic rings. The number of aromatic nitrogens is 1. The molecule has 1 unspecified atom stereocenters. The van der Waals surface area contributed by atoms with Crippen molar-refractivity contribution < 1.29 is 4.74 Å². The van der Waals surface area contributed by atoms with Gasteiger partial charge in [-0.15, -0.1) is 11.3 Å². The minimum atomic E-state index is 0.103. The monoisotopic (exact) mass is 291 g/mol. The third kappa shape index (κ3) is 3.42. The highest BCUT2D eigenvalue weighted by molar-refractivity contribution is 7.11. The Balaban J connectivity index is 2.17. The highest BCUT2D eigenvalue weighted by Crippen LogP contribution is 2.33. The molecule has 0 saturated carbocycles. The number of anilines is 2. The van der Waals surface area contributed by atoms with Crippen LogP contribution in [-0.4, -0.2) is 11.1 Å². The molecule has 0 aliphatic carbocycles. The van der Waals surface area contributed by atoms with Crippen LogP contribution in [0.2, 0.25) is 0 Å². The standard InChI is InChI=1S/C15H21N3OS/c1-9(2)19-13-7-5-6-12(14(13)16)18-11(4)15-17-8-10(3)20-15/h5-9,11,18H,16H2,1-4H3. The Kier molecular flexibility index (Phi) is 4.49. The first-order valence-electron chi connectivity index (χ1n) is 6.71. The minimum Gasteiger partial charge on any atom is -0.489 e. The molecule has 5 heteroatoms. The maximum absolute atomic E-state index is 6.16. The predicted octanol–water partition coefficient (Wildman–Crippen LogP) is 3.99. The molecule has 0 amide bonds. The van der Waals surface area contributed by atoms with Crippen LogP contribution in [0.25, 0.3) is 0 Å². The van der Waals surface area contributed by atoms with E-state index in [2.05, 4.69) is 24.1 Å². The number of nitrogens with zero attached hydrogens (tertiary/aromatic N) is 1. The van der Waals surface area contributed by atoms with Crippen molar-refractivity contribution in [2.24, 2.45) is 0 Å². The lowest BCUT2D eigenvalue weighted by molar-refractivity contribution is 0.244. The Morgan fingerprint density at radius 1 is 1.30 bits per heavy atom. The Bertz CT molecular complexity index is 580. The van der Waals surface area contributed by atoms with Crippen LogP contribution in [0.1, 0.15) is 36.7 Å². The van der Waals surface area contributed by atoms with Crippen LogP contribution < -0.4 is 15.8 Å².